The fourth-order valence-corrected chi connectivity index (χ4v) is 4.14. The average molecular weight is 516 g/mol. The molecule has 0 aliphatic heterocycles. The second-order valence-corrected chi connectivity index (χ2v) is 9.05. The van der Waals surface area contributed by atoms with Gasteiger partial charge in [0, 0.05) is 62.1 Å². The summed E-state index contributed by atoms with van der Waals surface area (Å²) < 4.78 is 7.79. The van der Waals surface area contributed by atoms with E-state index >= 15 is 0 Å². The van der Waals surface area contributed by atoms with Crippen LogP contribution in [0.5, 0.6) is 5.75 Å². The van der Waals surface area contributed by atoms with E-state index in [-0.39, 0.29) is 13.3 Å². The van der Waals surface area contributed by atoms with Crippen molar-refractivity contribution < 1.29 is 9.53 Å². The summed E-state index contributed by atoms with van der Waals surface area (Å²) in [7, 11) is 9.65. The number of methoxy groups -OCH3 is 1. The highest BCUT2D eigenvalue weighted by Gasteiger charge is 2.17. The summed E-state index contributed by atoms with van der Waals surface area (Å²) in [6.45, 7) is 5.19. The van der Waals surface area contributed by atoms with Crippen molar-refractivity contribution in [1.82, 2.24) is 19.4 Å². The molecule has 0 radical (unpaired) electrons. The predicted octanol–water partition coefficient (Wildman–Crippen LogP) is 5.15. The van der Waals surface area contributed by atoms with Gasteiger partial charge in [-0.2, -0.15) is 0 Å². The molecular weight excluding hydrogens is 478 g/mol. The molecule has 0 saturated heterocycles. The third kappa shape index (κ3) is 6.12. The number of benzene rings is 2. The van der Waals surface area contributed by atoms with Crippen LogP contribution in [0.3, 0.4) is 0 Å². The monoisotopic (exact) mass is 515 g/mol. The van der Waals surface area contributed by atoms with E-state index in [0.717, 1.165) is 40.9 Å². The molecule has 0 saturated carbocycles. The van der Waals surface area contributed by atoms with Gasteiger partial charge in [-0.25, -0.2) is 9.97 Å². The summed E-state index contributed by atoms with van der Waals surface area (Å²) in [4.78, 5) is 25.6. The number of aromatic nitrogens is 3. The van der Waals surface area contributed by atoms with Gasteiger partial charge in [0.2, 0.25) is 11.9 Å². The Morgan fingerprint density at radius 2 is 1.89 bits per heavy atom. The van der Waals surface area contributed by atoms with E-state index in [2.05, 4.69) is 54.9 Å². The van der Waals surface area contributed by atoms with Crippen LogP contribution in [0.4, 0.5) is 23.0 Å². The molecule has 1 amide bonds. The smallest absolute Gasteiger partial charge is 0.247 e. The molecule has 4 aromatic rings. The number of hydrogen-bond donors (Lipinski definition) is 2. The summed E-state index contributed by atoms with van der Waals surface area (Å²) in [5, 5.41) is 7.31. The number of carbonyl (C=O) groups excluding carboxylic acids is 1. The van der Waals surface area contributed by atoms with Crippen molar-refractivity contribution in [3.8, 4) is 17.0 Å². The highest BCUT2D eigenvalue weighted by Crippen LogP contribution is 2.38. The molecule has 9 nitrogen and oxygen atoms in total. The van der Waals surface area contributed by atoms with Gasteiger partial charge in [-0.1, -0.05) is 32.2 Å². The molecule has 0 fully saturated rings. The molecule has 9 heteroatoms. The molecule has 0 bridgehead atoms. The quantitative estimate of drug-likeness (QED) is 0.283. The topological polar surface area (TPSA) is 87.5 Å². The van der Waals surface area contributed by atoms with E-state index in [4.69, 9.17) is 9.72 Å². The lowest BCUT2D eigenvalue weighted by Gasteiger charge is -2.26. The van der Waals surface area contributed by atoms with Crippen molar-refractivity contribution in [2.24, 2.45) is 7.05 Å². The highest BCUT2D eigenvalue weighted by molar-refractivity contribution is 6.02. The number of fused-ring (bicyclic) bond motifs is 1. The molecule has 200 valence electrons. The number of hydrogen-bond acceptors (Lipinski definition) is 7. The van der Waals surface area contributed by atoms with Gasteiger partial charge in [-0.05, 0) is 38.4 Å². The first-order valence-corrected chi connectivity index (χ1v) is 12.0. The Balaban J connectivity index is 0.00000400. The number of amides is 1. The second-order valence-electron chi connectivity index (χ2n) is 9.05. The van der Waals surface area contributed by atoms with Crippen LogP contribution in [-0.2, 0) is 11.8 Å². The summed E-state index contributed by atoms with van der Waals surface area (Å²) >= 11 is 0. The molecule has 4 rings (SSSR count). The number of carbonyl (C=O) groups is 1. The maximum absolute atomic E-state index is 12.2. The lowest BCUT2D eigenvalue weighted by Crippen LogP contribution is -2.29. The van der Waals surface area contributed by atoms with Crippen molar-refractivity contribution in [1.29, 1.82) is 0 Å². The van der Waals surface area contributed by atoms with Crippen molar-refractivity contribution in [2.45, 2.75) is 7.43 Å². The highest BCUT2D eigenvalue weighted by atomic mass is 16.5. The number of nitrogens with one attached hydrogen (secondary N) is 2. The molecule has 38 heavy (non-hydrogen) atoms. The fraction of sp³-hybridized carbons (Fsp3) is 0.276. The third-order valence-corrected chi connectivity index (χ3v) is 6.13. The number of anilines is 4. The standard InChI is InChI=1S/C28H33N7O2.CH4/c1-7-27(36)30-22-16-23(26(37-6)17-25(22)34(4)15-14-33(2)3)32-28-29-13-12-21(31-28)20-18-35(5)24-11-9-8-10-19(20)24;/h7-13,16-18H,1,14-15H2,2-6H3,(H,30,36)(H,29,31,32);1H4. The maximum atomic E-state index is 12.2. The van der Waals surface area contributed by atoms with Crippen LogP contribution in [-0.4, -0.2) is 66.7 Å². The Morgan fingerprint density at radius 3 is 2.61 bits per heavy atom. The zero-order chi connectivity index (χ0) is 26.5. The number of para-hydroxylation sites is 1. The SMILES string of the molecule is C.C=CC(=O)Nc1cc(Nc2nccc(-c3cn(C)c4ccccc34)n2)c(OC)cc1N(C)CCN(C)C. The molecule has 0 atom stereocenters. The molecule has 0 unspecified atom stereocenters. The van der Waals surface area contributed by atoms with Gasteiger partial charge in [0.05, 0.1) is 29.9 Å². The molecule has 2 heterocycles. The van der Waals surface area contributed by atoms with Crippen molar-refractivity contribution in [2.75, 3.05) is 56.9 Å². The number of aryl methyl sites for hydroxylation is 1. The third-order valence-electron chi connectivity index (χ3n) is 6.13. The molecule has 0 aliphatic carbocycles. The number of nitrogens with zero attached hydrogens (tertiary/aromatic N) is 5. The molecule has 2 aromatic carbocycles. The first-order chi connectivity index (χ1) is 17.8. The van der Waals surface area contributed by atoms with Gasteiger partial charge >= 0.3 is 0 Å². The lowest BCUT2D eigenvalue weighted by molar-refractivity contribution is -0.111. The van der Waals surface area contributed by atoms with Gasteiger partial charge in [0.25, 0.3) is 0 Å². The lowest BCUT2D eigenvalue weighted by atomic mass is 10.1. The van der Waals surface area contributed by atoms with Crippen molar-refractivity contribution >= 4 is 39.8 Å². The number of ether oxygens (including phenoxy) is 1. The van der Waals surface area contributed by atoms with E-state index in [1.165, 1.54) is 6.08 Å². The Labute approximate surface area is 224 Å². The zero-order valence-corrected chi connectivity index (χ0v) is 21.9. The summed E-state index contributed by atoms with van der Waals surface area (Å²) in [5.41, 5.74) is 5.02. The fourth-order valence-electron chi connectivity index (χ4n) is 4.14. The van der Waals surface area contributed by atoms with Crippen LogP contribution < -0.4 is 20.3 Å². The van der Waals surface area contributed by atoms with E-state index in [1.807, 2.05) is 58.5 Å². The van der Waals surface area contributed by atoms with Gasteiger partial charge in [-0.15, -0.1) is 0 Å². The number of rotatable bonds is 10. The Hall–Kier alpha value is -4.37. The first kappa shape index (κ1) is 28.2. The second kappa shape index (κ2) is 12.2. The van der Waals surface area contributed by atoms with Gasteiger partial charge in [0.15, 0.2) is 0 Å². The predicted molar refractivity (Wildman–Crippen MR) is 158 cm³/mol. The van der Waals surface area contributed by atoms with Gasteiger partial charge in [0.1, 0.15) is 5.75 Å². The van der Waals surface area contributed by atoms with Crippen LogP contribution in [0, 0.1) is 0 Å². The minimum atomic E-state index is -0.299. The van der Waals surface area contributed by atoms with Crippen molar-refractivity contribution in [3.05, 3.63) is 67.5 Å². The summed E-state index contributed by atoms with van der Waals surface area (Å²) in [6, 6.07) is 13.8. The van der Waals surface area contributed by atoms with E-state index in [1.54, 1.807) is 13.3 Å². The molecule has 2 N–H and O–H groups in total. The summed E-state index contributed by atoms with van der Waals surface area (Å²) in [5.74, 6) is 0.716. The maximum Gasteiger partial charge on any atom is 0.247 e. The van der Waals surface area contributed by atoms with E-state index in [9.17, 15) is 4.79 Å². The Kier molecular flexibility index (Phi) is 9.09. The van der Waals surface area contributed by atoms with E-state index < -0.39 is 0 Å². The first-order valence-electron chi connectivity index (χ1n) is 12.0. The molecule has 0 aliphatic rings. The Morgan fingerprint density at radius 1 is 1.13 bits per heavy atom. The van der Waals surface area contributed by atoms with Gasteiger partial charge < -0.3 is 29.7 Å². The average Bonchev–Trinajstić information content (AvgIpc) is 3.24. The van der Waals surface area contributed by atoms with Crippen LogP contribution in [0.2, 0.25) is 0 Å². The largest absolute Gasteiger partial charge is 0.494 e. The number of likely N-dealkylation sites (N-methyl/N-ethyl adjacent to an activating group) is 2. The minimum absolute atomic E-state index is 0. The molecule has 0 spiro atoms. The molecular formula is C29H37N7O2. The van der Waals surface area contributed by atoms with Gasteiger partial charge in [-0.3, -0.25) is 4.79 Å². The van der Waals surface area contributed by atoms with Crippen molar-refractivity contribution in [3.63, 3.8) is 0 Å². The van der Waals surface area contributed by atoms with Crippen LogP contribution in [0.15, 0.2) is 67.5 Å². The summed E-state index contributed by atoms with van der Waals surface area (Å²) in [6.07, 6.45) is 5.04. The zero-order valence-electron chi connectivity index (χ0n) is 21.9. The minimum Gasteiger partial charge on any atom is -0.494 e. The van der Waals surface area contributed by atoms with Crippen LogP contribution >= 0.6 is 0 Å². The normalized spacial score (nSPS) is 10.7. The van der Waals surface area contributed by atoms with E-state index in [0.29, 0.717) is 23.1 Å². The Bertz CT molecular complexity index is 1430. The van der Waals surface area contributed by atoms with Crippen LogP contribution in [0.1, 0.15) is 7.43 Å². The van der Waals surface area contributed by atoms with Crippen LogP contribution in [0.25, 0.3) is 22.2 Å². The molecule has 2 aromatic heterocycles.